The molecule has 1 aromatic carbocycles. The minimum absolute atomic E-state index is 0.0399. The van der Waals surface area contributed by atoms with Crippen LogP contribution in [0.1, 0.15) is 35.7 Å². The average Bonchev–Trinajstić information content (AvgIpc) is 3.08. The van der Waals surface area contributed by atoms with E-state index in [4.69, 9.17) is 0 Å². The number of halogens is 3. The molecule has 1 saturated heterocycles. The number of hydrogen-bond acceptors (Lipinski definition) is 4. The number of aromatic nitrogens is 3. The summed E-state index contributed by atoms with van der Waals surface area (Å²) in [6.45, 7) is 1.29. The number of aromatic amines is 1. The van der Waals surface area contributed by atoms with E-state index in [0.717, 1.165) is 30.8 Å². The largest absolute Gasteiger partial charge is 0.416 e. The molecule has 0 saturated carbocycles. The third-order valence-corrected chi connectivity index (χ3v) is 4.03. The second-order valence-corrected chi connectivity index (χ2v) is 5.50. The van der Waals surface area contributed by atoms with Crippen LogP contribution < -0.4 is 4.90 Å². The van der Waals surface area contributed by atoms with Gasteiger partial charge in [0, 0.05) is 19.0 Å². The van der Waals surface area contributed by atoms with E-state index in [1.807, 2.05) is 11.0 Å². The molecule has 2 aromatic rings. The van der Waals surface area contributed by atoms with Crippen LogP contribution in [0, 0.1) is 11.3 Å². The highest BCUT2D eigenvalue weighted by molar-refractivity contribution is 5.61. The lowest BCUT2D eigenvalue weighted by Crippen LogP contribution is -2.35. The van der Waals surface area contributed by atoms with Gasteiger partial charge in [-0.3, -0.25) is 5.10 Å². The first kappa shape index (κ1) is 15.3. The molecule has 0 radical (unpaired) electrons. The molecule has 23 heavy (non-hydrogen) atoms. The number of nitrogens with zero attached hydrogens (tertiary/aromatic N) is 4. The smallest absolute Gasteiger partial charge is 0.370 e. The summed E-state index contributed by atoms with van der Waals surface area (Å²) in [5, 5.41) is 15.9. The van der Waals surface area contributed by atoms with E-state index >= 15 is 0 Å². The molecule has 1 aliphatic rings. The summed E-state index contributed by atoms with van der Waals surface area (Å²) < 4.78 is 38.4. The van der Waals surface area contributed by atoms with Gasteiger partial charge in [0.05, 0.1) is 16.8 Å². The third kappa shape index (κ3) is 3.13. The lowest BCUT2D eigenvalue weighted by Gasteiger charge is -2.34. The van der Waals surface area contributed by atoms with Gasteiger partial charge in [-0.15, -0.1) is 0 Å². The van der Waals surface area contributed by atoms with Crippen molar-refractivity contribution >= 4 is 5.69 Å². The molecule has 2 heterocycles. The molecule has 8 heteroatoms. The first-order valence-corrected chi connectivity index (χ1v) is 7.20. The summed E-state index contributed by atoms with van der Waals surface area (Å²) in [5.74, 6) is 0.889. The van der Waals surface area contributed by atoms with Crippen LogP contribution in [0.4, 0.5) is 18.9 Å². The van der Waals surface area contributed by atoms with Gasteiger partial charge in [-0.2, -0.15) is 23.5 Å². The lowest BCUT2D eigenvalue weighted by molar-refractivity contribution is -0.137. The van der Waals surface area contributed by atoms with Gasteiger partial charge in [-0.05, 0) is 31.0 Å². The predicted molar refractivity (Wildman–Crippen MR) is 76.7 cm³/mol. The summed E-state index contributed by atoms with van der Waals surface area (Å²) >= 11 is 0. The standard InChI is InChI=1S/C15H14F3N5/c16-15(17,18)12-3-4-13(11(6-12)7-19)23-5-1-2-10(8-23)14-20-9-21-22-14/h3-4,6,9-10H,1-2,5,8H2,(H,20,21,22). The molecule has 1 N–H and O–H groups in total. The maximum atomic E-state index is 12.8. The van der Waals surface area contributed by atoms with Crippen molar-refractivity contribution in [3.8, 4) is 6.07 Å². The molecule has 1 atom stereocenters. The Hall–Kier alpha value is -2.56. The third-order valence-electron chi connectivity index (χ3n) is 4.03. The van der Waals surface area contributed by atoms with Gasteiger partial charge < -0.3 is 4.90 Å². The molecule has 1 aliphatic heterocycles. The molecule has 0 bridgehead atoms. The number of rotatable bonds is 2. The Kier molecular flexibility index (Phi) is 3.94. The van der Waals surface area contributed by atoms with Gasteiger partial charge in [0.2, 0.25) is 0 Å². The lowest BCUT2D eigenvalue weighted by atomic mass is 9.96. The van der Waals surface area contributed by atoms with Crippen LogP contribution in [0.15, 0.2) is 24.5 Å². The Bertz CT molecular complexity index is 718. The highest BCUT2D eigenvalue weighted by atomic mass is 19.4. The molecular formula is C15H14F3N5. The summed E-state index contributed by atoms with van der Waals surface area (Å²) in [4.78, 5) is 6.09. The zero-order chi connectivity index (χ0) is 16.4. The monoisotopic (exact) mass is 321 g/mol. The summed E-state index contributed by atoms with van der Waals surface area (Å²) in [6.07, 6.45) is -1.22. The molecular weight excluding hydrogens is 307 g/mol. The van der Waals surface area contributed by atoms with E-state index in [1.165, 1.54) is 12.4 Å². The zero-order valence-corrected chi connectivity index (χ0v) is 12.1. The summed E-state index contributed by atoms with van der Waals surface area (Å²) in [7, 11) is 0. The van der Waals surface area contributed by atoms with Gasteiger partial charge in [0.25, 0.3) is 0 Å². The first-order valence-electron chi connectivity index (χ1n) is 7.20. The van der Waals surface area contributed by atoms with Crippen LogP contribution in [-0.4, -0.2) is 28.3 Å². The molecule has 3 rings (SSSR count). The van der Waals surface area contributed by atoms with Crippen molar-refractivity contribution in [1.82, 2.24) is 15.2 Å². The zero-order valence-electron chi connectivity index (χ0n) is 12.1. The molecule has 1 aromatic heterocycles. The second kappa shape index (κ2) is 5.91. The van der Waals surface area contributed by atoms with Crippen molar-refractivity contribution in [2.75, 3.05) is 18.0 Å². The summed E-state index contributed by atoms with van der Waals surface area (Å²) in [5.41, 5.74) is -0.232. The topological polar surface area (TPSA) is 68.6 Å². The van der Waals surface area contributed by atoms with E-state index in [9.17, 15) is 18.4 Å². The van der Waals surface area contributed by atoms with Gasteiger partial charge in [0.15, 0.2) is 0 Å². The van der Waals surface area contributed by atoms with Crippen molar-refractivity contribution in [1.29, 1.82) is 5.26 Å². The van der Waals surface area contributed by atoms with Crippen LogP contribution >= 0.6 is 0 Å². The fourth-order valence-electron chi connectivity index (χ4n) is 2.91. The number of benzene rings is 1. The minimum atomic E-state index is -4.45. The van der Waals surface area contributed by atoms with Crippen molar-refractivity contribution in [2.45, 2.75) is 24.9 Å². The van der Waals surface area contributed by atoms with Crippen LogP contribution in [0.25, 0.3) is 0 Å². The molecule has 0 aliphatic carbocycles. The van der Waals surface area contributed by atoms with Crippen molar-refractivity contribution < 1.29 is 13.2 Å². The van der Waals surface area contributed by atoms with Crippen molar-refractivity contribution in [3.05, 3.63) is 41.5 Å². The van der Waals surface area contributed by atoms with Crippen LogP contribution in [0.5, 0.6) is 0 Å². The van der Waals surface area contributed by atoms with E-state index in [-0.39, 0.29) is 11.5 Å². The van der Waals surface area contributed by atoms with E-state index in [1.54, 1.807) is 0 Å². The first-order chi connectivity index (χ1) is 11.0. The van der Waals surface area contributed by atoms with Crippen LogP contribution in [0.2, 0.25) is 0 Å². The maximum Gasteiger partial charge on any atom is 0.416 e. The fraction of sp³-hybridized carbons (Fsp3) is 0.400. The highest BCUT2D eigenvalue weighted by Crippen LogP contribution is 2.35. The van der Waals surface area contributed by atoms with Gasteiger partial charge >= 0.3 is 6.18 Å². The Labute approximate surface area is 130 Å². The molecule has 120 valence electrons. The number of H-pyrrole nitrogens is 1. The van der Waals surface area contributed by atoms with Crippen molar-refractivity contribution in [2.24, 2.45) is 0 Å². The highest BCUT2D eigenvalue weighted by Gasteiger charge is 2.32. The Morgan fingerprint density at radius 1 is 1.35 bits per heavy atom. The Morgan fingerprint density at radius 2 is 2.17 bits per heavy atom. The predicted octanol–water partition coefficient (Wildman–Crippen LogP) is 3.08. The molecule has 1 fully saturated rings. The van der Waals surface area contributed by atoms with E-state index in [2.05, 4.69) is 15.2 Å². The molecule has 5 nitrogen and oxygen atoms in total. The van der Waals surface area contributed by atoms with Crippen LogP contribution in [-0.2, 0) is 6.18 Å². The van der Waals surface area contributed by atoms with Gasteiger partial charge in [-0.1, -0.05) is 0 Å². The molecule has 0 amide bonds. The summed E-state index contributed by atoms with van der Waals surface area (Å²) in [6, 6.07) is 5.19. The Balaban J connectivity index is 1.88. The molecule has 1 unspecified atom stereocenters. The maximum absolute atomic E-state index is 12.8. The van der Waals surface area contributed by atoms with Gasteiger partial charge in [-0.25, -0.2) is 4.98 Å². The number of alkyl halides is 3. The van der Waals surface area contributed by atoms with Crippen LogP contribution in [0.3, 0.4) is 0 Å². The SMILES string of the molecule is N#Cc1cc(C(F)(F)F)ccc1N1CCCC(c2ncn[nH]2)C1. The van der Waals surface area contributed by atoms with Gasteiger partial charge in [0.1, 0.15) is 18.2 Å². The van der Waals surface area contributed by atoms with E-state index < -0.39 is 11.7 Å². The fourth-order valence-corrected chi connectivity index (χ4v) is 2.91. The quantitative estimate of drug-likeness (QED) is 0.923. The Morgan fingerprint density at radius 3 is 2.83 bits per heavy atom. The number of piperidine rings is 1. The number of nitriles is 1. The van der Waals surface area contributed by atoms with Crippen molar-refractivity contribution in [3.63, 3.8) is 0 Å². The molecule has 0 spiro atoms. The normalized spacial score (nSPS) is 18.7. The average molecular weight is 321 g/mol. The second-order valence-electron chi connectivity index (χ2n) is 5.50. The number of hydrogen-bond donors (Lipinski definition) is 1. The van der Waals surface area contributed by atoms with E-state index in [0.29, 0.717) is 18.8 Å². The minimum Gasteiger partial charge on any atom is -0.370 e. The number of anilines is 1. The number of nitrogens with one attached hydrogen (secondary N) is 1.